The van der Waals surface area contributed by atoms with E-state index in [-0.39, 0.29) is 35.7 Å². The van der Waals surface area contributed by atoms with E-state index in [1.54, 1.807) is 18.2 Å². The molecule has 1 aliphatic heterocycles. The first-order valence-electron chi connectivity index (χ1n) is 13.1. The van der Waals surface area contributed by atoms with Crippen LogP contribution in [0.5, 0.6) is 0 Å². The van der Waals surface area contributed by atoms with Crippen LogP contribution in [0.3, 0.4) is 0 Å². The predicted molar refractivity (Wildman–Crippen MR) is 140 cm³/mol. The molecule has 2 aromatic rings. The highest BCUT2D eigenvalue weighted by Gasteiger charge is 2.35. The number of amides is 3. The lowest BCUT2D eigenvalue weighted by molar-refractivity contribution is -0.132. The maximum Gasteiger partial charge on any atom is 0.255 e. The third-order valence-corrected chi connectivity index (χ3v) is 7.51. The summed E-state index contributed by atoms with van der Waals surface area (Å²) in [6, 6.07) is 14.9. The van der Waals surface area contributed by atoms with E-state index >= 15 is 0 Å². The average molecular weight is 490 g/mol. The first-order valence-corrected chi connectivity index (χ1v) is 13.1. The molecule has 0 bridgehead atoms. The van der Waals surface area contributed by atoms with Crippen molar-refractivity contribution >= 4 is 29.1 Å². The van der Waals surface area contributed by atoms with Gasteiger partial charge in [-0.1, -0.05) is 18.2 Å². The Morgan fingerprint density at radius 2 is 1.47 bits per heavy atom. The van der Waals surface area contributed by atoms with Crippen LogP contribution in [0.1, 0.15) is 59.2 Å². The molecule has 3 aliphatic rings. The molecule has 8 heteroatoms. The van der Waals surface area contributed by atoms with Crippen molar-refractivity contribution < 1.29 is 14.4 Å². The first-order chi connectivity index (χ1) is 17.5. The fourth-order valence-electron chi connectivity index (χ4n) is 5.13. The van der Waals surface area contributed by atoms with Gasteiger partial charge < -0.3 is 26.2 Å². The van der Waals surface area contributed by atoms with Gasteiger partial charge in [0.25, 0.3) is 11.8 Å². The molecular formula is C28H35N5O3. The van der Waals surface area contributed by atoms with Crippen LogP contribution in [0.25, 0.3) is 0 Å². The van der Waals surface area contributed by atoms with Crippen molar-refractivity contribution in [1.82, 2.24) is 10.2 Å². The van der Waals surface area contributed by atoms with Crippen LogP contribution in [-0.2, 0) is 4.79 Å². The van der Waals surface area contributed by atoms with E-state index in [2.05, 4.69) is 15.5 Å². The maximum absolute atomic E-state index is 13.1. The van der Waals surface area contributed by atoms with E-state index in [1.807, 2.05) is 35.2 Å². The summed E-state index contributed by atoms with van der Waals surface area (Å²) in [6.07, 6.45) is 5.60. The molecule has 3 amide bonds. The normalized spacial score (nSPS) is 22.1. The molecule has 3 fully saturated rings. The molecular weight excluding hydrogens is 454 g/mol. The van der Waals surface area contributed by atoms with Gasteiger partial charge in [-0.15, -0.1) is 0 Å². The molecule has 2 aliphatic carbocycles. The van der Waals surface area contributed by atoms with Crippen LogP contribution < -0.4 is 21.3 Å². The largest absolute Gasteiger partial charge is 0.366 e. The number of nitrogens with two attached hydrogens (primary N) is 1. The van der Waals surface area contributed by atoms with E-state index in [9.17, 15) is 14.4 Å². The highest BCUT2D eigenvalue weighted by atomic mass is 16.2. The molecule has 190 valence electrons. The highest BCUT2D eigenvalue weighted by molar-refractivity contribution is 6.07. The second-order valence-electron chi connectivity index (χ2n) is 10.2. The number of rotatable bonds is 6. The summed E-state index contributed by atoms with van der Waals surface area (Å²) in [5.74, 6) is 0.119. The summed E-state index contributed by atoms with van der Waals surface area (Å²) < 4.78 is 0. The molecule has 0 radical (unpaired) electrons. The number of anilines is 2. The molecule has 36 heavy (non-hydrogen) atoms. The molecule has 0 unspecified atom stereocenters. The summed E-state index contributed by atoms with van der Waals surface area (Å²) in [4.78, 5) is 42.7. The quantitative estimate of drug-likeness (QED) is 0.578. The van der Waals surface area contributed by atoms with E-state index in [1.165, 1.54) is 0 Å². The lowest BCUT2D eigenvalue weighted by Crippen LogP contribution is -2.49. The second-order valence-corrected chi connectivity index (χ2v) is 10.2. The number of carbonyl (C=O) groups excluding carboxylic acids is 3. The summed E-state index contributed by atoms with van der Waals surface area (Å²) in [5, 5.41) is 6.17. The number of benzene rings is 2. The molecule has 0 spiro atoms. The summed E-state index contributed by atoms with van der Waals surface area (Å²) in [6.45, 7) is 2.68. The molecule has 0 atom stereocenters. The molecule has 5 rings (SSSR count). The SMILES string of the molecule is NC1CCC(NC(=O)c2ccc(N3CCN(C(=O)C4CC4)CC3)c(NC(=O)c3ccccc3)c2)CC1. The van der Waals surface area contributed by atoms with Crippen LogP contribution >= 0.6 is 0 Å². The van der Waals surface area contributed by atoms with Gasteiger partial charge in [0.1, 0.15) is 0 Å². The van der Waals surface area contributed by atoms with Crippen LogP contribution in [0.4, 0.5) is 11.4 Å². The van der Waals surface area contributed by atoms with Crippen molar-refractivity contribution in [2.45, 2.75) is 50.6 Å². The Balaban J connectivity index is 1.33. The zero-order valence-corrected chi connectivity index (χ0v) is 20.6. The van der Waals surface area contributed by atoms with E-state index in [4.69, 9.17) is 5.73 Å². The summed E-state index contributed by atoms with van der Waals surface area (Å²) in [5.41, 5.74) is 8.53. The highest BCUT2D eigenvalue weighted by Crippen LogP contribution is 2.33. The summed E-state index contributed by atoms with van der Waals surface area (Å²) in [7, 11) is 0. The number of hydrogen-bond donors (Lipinski definition) is 3. The van der Waals surface area contributed by atoms with Gasteiger partial charge in [0.15, 0.2) is 0 Å². The van der Waals surface area contributed by atoms with Gasteiger partial charge in [-0.2, -0.15) is 0 Å². The van der Waals surface area contributed by atoms with Crippen molar-refractivity contribution in [1.29, 1.82) is 0 Å². The molecule has 2 saturated carbocycles. The maximum atomic E-state index is 13.1. The molecule has 1 heterocycles. The predicted octanol–water partition coefficient (Wildman–Crippen LogP) is 3.00. The van der Waals surface area contributed by atoms with E-state index < -0.39 is 0 Å². The lowest BCUT2D eigenvalue weighted by Gasteiger charge is -2.37. The van der Waals surface area contributed by atoms with Gasteiger partial charge in [0.2, 0.25) is 5.91 Å². The molecule has 8 nitrogen and oxygen atoms in total. The molecule has 1 saturated heterocycles. The Bertz CT molecular complexity index is 1100. The zero-order chi connectivity index (χ0) is 25.1. The van der Waals surface area contributed by atoms with Crippen molar-refractivity contribution in [2.75, 3.05) is 36.4 Å². The topological polar surface area (TPSA) is 108 Å². The van der Waals surface area contributed by atoms with E-state index in [0.29, 0.717) is 43.0 Å². The standard InChI is InChI=1S/C28H35N5O3/c29-22-9-11-23(12-10-22)30-27(35)21-8-13-25(24(18-21)31-26(34)19-4-2-1-3-5-19)32-14-16-33(17-15-32)28(36)20-6-7-20/h1-5,8,13,18,20,22-23H,6-7,9-12,14-17,29H2,(H,30,35)(H,31,34). The van der Waals surface area contributed by atoms with Crippen molar-refractivity contribution in [3.63, 3.8) is 0 Å². The number of carbonyl (C=O) groups is 3. The van der Waals surface area contributed by atoms with Gasteiger partial charge in [-0.05, 0) is 68.9 Å². The second kappa shape index (κ2) is 10.7. The Morgan fingerprint density at radius 3 is 2.14 bits per heavy atom. The fourth-order valence-corrected chi connectivity index (χ4v) is 5.13. The van der Waals surface area contributed by atoms with Crippen LogP contribution in [0.2, 0.25) is 0 Å². The van der Waals surface area contributed by atoms with Crippen molar-refractivity contribution in [3.8, 4) is 0 Å². The van der Waals surface area contributed by atoms with Crippen LogP contribution in [0.15, 0.2) is 48.5 Å². The monoisotopic (exact) mass is 489 g/mol. The van der Waals surface area contributed by atoms with Crippen molar-refractivity contribution in [3.05, 3.63) is 59.7 Å². The minimum absolute atomic E-state index is 0.122. The van der Waals surface area contributed by atoms with Gasteiger partial charge in [-0.3, -0.25) is 14.4 Å². The lowest BCUT2D eigenvalue weighted by atomic mass is 9.91. The molecule has 0 aromatic heterocycles. The van der Waals surface area contributed by atoms with E-state index in [0.717, 1.165) is 44.2 Å². The third-order valence-electron chi connectivity index (χ3n) is 7.51. The Morgan fingerprint density at radius 1 is 0.778 bits per heavy atom. The smallest absolute Gasteiger partial charge is 0.255 e. The summed E-state index contributed by atoms with van der Waals surface area (Å²) >= 11 is 0. The van der Waals surface area contributed by atoms with Gasteiger partial charge in [-0.25, -0.2) is 0 Å². The molecule has 4 N–H and O–H groups in total. The minimum atomic E-state index is -0.224. The van der Waals surface area contributed by atoms with Crippen LogP contribution in [0, 0.1) is 5.92 Å². The van der Waals surface area contributed by atoms with Gasteiger partial charge in [0, 0.05) is 55.3 Å². The number of piperazine rings is 1. The van der Waals surface area contributed by atoms with Crippen LogP contribution in [-0.4, -0.2) is 60.9 Å². The number of hydrogen-bond acceptors (Lipinski definition) is 5. The first kappa shape index (κ1) is 24.3. The Kier molecular flexibility index (Phi) is 7.23. The number of nitrogens with zero attached hydrogens (tertiary/aromatic N) is 2. The third kappa shape index (κ3) is 5.70. The van der Waals surface area contributed by atoms with Gasteiger partial charge in [0.05, 0.1) is 11.4 Å². The minimum Gasteiger partial charge on any atom is -0.366 e. The Hall–Kier alpha value is -3.39. The van der Waals surface area contributed by atoms with Crippen molar-refractivity contribution in [2.24, 2.45) is 11.7 Å². The number of nitrogens with one attached hydrogen (secondary N) is 2. The fraction of sp³-hybridized carbons (Fsp3) is 0.464. The van der Waals surface area contributed by atoms with Gasteiger partial charge >= 0.3 is 0 Å². The average Bonchev–Trinajstić information content (AvgIpc) is 3.76. The zero-order valence-electron chi connectivity index (χ0n) is 20.6. The Labute approximate surface area is 212 Å². The molecule has 2 aromatic carbocycles.